The topological polar surface area (TPSA) is 68.7 Å². The van der Waals surface area contributed by atoms with Crippen LogP contribution in [0.25, 0.3) is 0 Å². The van der Waals surface area contributed by atoms with E-state index in [0.29, 0.717) is 31.8 Å². The molecule has 25 heavy (non-hydrogen) atoms. The summed E-state index contributed by atoms with van der Waals surface area (Å²) in [5.74, 6) is -0.307. The molecule has 0 aliphatic heterocycles. The molecule has 0 aromatic carbocycles. The number of carbonyl (C=O) groups is 2. The molecule has 0 atom stereocenters. The molecule has 0 fully saturated rings. The average molecular weight is 371 g/mol. The molecular weight excluding hydrogens is 340 g/mol. The van der Waals surface area contributed by atoms with E-state index in [2.05, 4.69) is 16.6 Å². The van der Waals surface area contributed by atoms with E-state index in [-0.39, 0.29) is 5.91 Å². The molecule has 0 unspecified atom stereocenters. The quantitative estimate of drug-likeness (QED) is 0.391. The second-order valence-electron chi connectivity index (χ2n) is 5.94. The zero-order valence-corrected chi connectivity index (χ0v) is 16.4. The van der Waals surface area contributed by atoms with Crippen LogP contribution in [0.1, 0.15) is 67.4 Å². The summed E-state index contributed by atoms with van der Waals surface area (Å²) in [5, 5.41) is 2.42. The van der Waals surface area contributed by atoms with Gasteiger partial charge in [-0.2, -0.15) is 0 Å². The summed E-state index contributed by atoms with van der Waals surface area (Å²) in [6.45, 7) is 3.86. The molecule has 1 aromatic heterocycles. The summed E-state index contributed by atoms with van der Waals surface area (Å²) >= 11 is 1.38. The molecule has 0 N–H and O–H groups in total. The summed E-state index contributed by atoms with van der Waals surface area (Å²) < 4.78 is 9.76. The maximum atomic E-state index is 12.5. The number of aromatic nitrogens is 1. The first-order chi connectivity index (χ1) is 12.1. The van der Waals surface area contributed by atoms with Crippen LogP contribution in [0, 0.1) is 0 Å². The maximum Gasteiger partial charge on any atom is 0.357 e. The molecule has 142 valence electrons. The fraction of sp³-hybridized carbons (Fsp3) is 0.722. The highest BCUT2D eigenvalue weighted by molar-refractivity contribution is 7.09. The van der Waals surface area contributed by atoms with Crippen LogP contribution < -0.4 is 0 Å². The predicted molar refractivity (Wildman–Crippen MR) is 98.7 cm³/mol. The fourth-order valence-electron chi connectivity index (χ4n) is 2.47. The Morgan fingerprint density at radius 2 is 1.92 bits per heavy atom. The zero-order valence-electron chi connectivity index (χ0n) is 15.6. The van der Waals surface area contributed by atoms with Crippen LogP contribution in [0.4, 0.5) is 0 Å². The molecule has 0 spiro atoms. The van der Waals surface area contributed by atoms with Crippen molar-refractivity contribution in [2.45, 2.75) is 58.4 Å². The van der Waals surface area contributed by atoms with Gasteiger partial charge >= 0.3 is 5.97 Å². The number of nitrogens with zero attached hydrogens (tertiary/aromatic N) is 2. The standard InChI is InChI=1S/C18H30N2O4S/c1-4-5-6-7-8-10-17(21)20(11-9-12-23-2)13-16-19-15(14-25-16)18(22)24-3/h14H,4-13H2,1-3H3. The van der Waals surface area contributed by atoms with Crippen molar-refractivity contribution in [2.24, 2.45) is 0 Å². The molecule has 0 saturated carbocycles. The van der Waals surface area contributed by atoms with Gasteiger partial charge in [0, 0.05) is 32.1 Å². The minimum absolute atomic E-state index is 0.141. The van der Waals surface area contributed by atoms with Crippen LogP contribution in [-0.4, -0.2) is 49.1 Å². The van der Waals surface area contributed by atoms with Gasteiger partial charge < -0.3 is 14.4 Å². The third-order valence-electron chi connectivity index (χ3n) is 3.90. The van der Waals surface area contributed by atoms with E-state index >= 15 is 0 Å². The number of thiazole rings is 1. The van der Waals surface area contributed by atoms with Gasteiger partial charge in [0.25, 0.3) is 0 Å². The molecule has 0 aliphatic rings. The Kier molecular flexibility index (Phi) is 11.1. The van der Waals surface area contributed by atoms with Crippen LogP contribution in [-0.2, 0) is 20.8 Å². The van der Waals surface area contributed by atoms with Crippen molar-refractivity contribution < 1.29 is 19.1 Å². The summed E-state index contributed by atoms with van der Waals surface area (Å²) in [4.78, 5) is 30.1. The number of rotatable bonds is 13. The normalized spacial score (nSPS) is 10.7. The first-order valence-corrected chi connectivity index (χ1v) is 9.79. The van der Waals surface area contributed by atoms with Crippen molar-refractivity contribution in [1.82, 2.24) is 9.88 Å². The van der Waals surface area contributed by atoms with Gasteiger partial charge in [-0.1, -0.05) is 32.6 Å². The number of esters is 1. The summed E-state index contributed by atoms with van der Waals surface area (Å²) in [6.07, 6.45) is 6.96. The van der Waals surface area contributed by atoms with Crippen LogP contribution in [0.3, 0.4) is 0 Å². The van der Waals surface area contributed by atoms with Gasteiger partial charge in [0.1, 0.15) is 5.01 Å². The molecule has 7 heteroatoms. The van der Waals surface area contributed by atoms with Crippen LogP contribution in [0.15, 0.2) is 5.38 Å². The Balaban J connectivity index is 2.57. The first kappa shape index (κ1) is 21.6. The first-order valence-electron chi connectivity index (χ1n) is 8.91. The highest BCUT2D eigenvalue weighted by Crippen LogP contribution is 2.15. The smallest absolute Gasteiger partial charge is 0.357 e. The predicted octanol–water partition coefficient (Wildman–Crippen LogP) is 3.66. The minimum Gasteiger partial charge on any atom is -0.464 e. The lowest BCUT2D eigenvalue weighted by Gasteiger charge is -2.21. The van der Waals surface area contributed by atoms with Crippen LogP contribution >= 0.6 is 11.3 Å². The van der Waals surface area contributed by atoms with Gasteiger partial charge in [-0.15, -0.1) is 11.3 Å². The zero-order chi connectivity index (χ0) is 18.5. The third-order valence-corrected chi connectivity index (χ3v) is 4.73. The molecule has 1 heterocycles. The van der Waals surface area contributed by atoms with E-state index in [4.69, 9.17) is 4.74 Å². The number of unbranched alkanes of at least 4 members (excludes halogenated alkanes) is 4. The Hall–Kier alpha value is -1.47. The van der Waals surface area contributed by atoms with E-state index in [1.165, 1.54) is 37.7 Å². The molecule has 0 radical (unpaired) electrons. The number of carbonyl (C=O) groups excluding carboxylic acids is 2. The molecule has 0 saturated heterocycles. The largest absolute Gasteiger partial charge is 0.464 e. The minimum atomic E-state index is -0.448. The Morgan fingerprint density at radius 3 is 2.60 bits per heavy atom. The highest BCUT2D eigenvalue weighted by Gasteiger charge is 2.17. The molecule has 1 rings (SSSR count). The van der Waals surface area contributed by atoms with Gasteiger partial charge in [-0.05, 0) is 12.8 Å². The number of hydrogen-bond acceptors (Lipinski definition) is 6. The van der Waals surface area contributed by atoms with Gasteiger partial charge in [0.15, 0.2) is 5.69 Å². The van der Waals surface area contributed by atoms with E-state index in [9.17, 15) is 9.59 Å². The summed E-state index contributed by atoms with van der Waals surface area (Å²) in [7, 11) is 2.99. The lowest BCUT2D eigenvalue weighted by Crippen LogP contribution is -2.32. The summed E-state index contributed by atoms with van der Waals surface area (Å²) in [5.41, 5.74) is 0.298. The number of ether oxygens (including phenoxy) is 2. The second-order valence-corrected chi connectivity index (χ2v) is 6.89. The lowest BCUT2D eigenvalue weighted by molar-refractivity contribution is -0.132. The van der Waals surface area contributed by atoms with Gasteiger partial charge in [0.2, 0.25) is 5.91 Å². The average Bonchev–Trinajstić information content (AvgIpc) is 3.08. The molecular formula is C18H30N2O4S. The molecule has 1 aromatic rings. The van der Waals surface area contributed by atoms with Crippen LogP contribution in [0.5, 0.6) is 0 Å². The Bertz CT molecular complexity index is 519. The summed E-state index contributed by atoms with van der Waals surface area (Å²) in [6, 6.07) is 0. The van der Waals surface area contributed by atoms with E-state index in [1.807, 2.05) is 4.90 Å². The van der Waals surface area contributed by atoms with Crippen LogP contribution in [0.2, 0.25) is 0 Å². The number of amides is 1. The van der Waals surface area contributed by atoms with Crippen molar-refractivity contribution >= 4 is 23.2 Å². The second kappa shape index (κ2) is 12.8. The third kappa shape index (κ3) is 8.45. The Labute approximate surface area is 154 Å². The van der Waals surface area contributed by atoms with E-state index < -0.39 is 5.97 Å². The molecule has 6 nitrogen and oxygen atoms in total. The van der Waals surface area contributed by atoms with Crippen molar-refractivity contribution in [3.63, 3.8) is 0 Å². The van der Waals surface area contributed by atoms with Gasteiger partial charge in [-0.25, -0.2) is 9.78 Å². The highest BCUT2D eigenvalue weighted by atomic mass is 32.1. The number of hydrogen-bond donors (Lipinski definition) is 0. The van der Waals surface area contributed by atoms with E-state index in [1.54, 1.807) is 12.5 Å². The Morgan fingerprint density at radius 1 is 1.16 bits per heavy atom. The molecule has 0 bridgehead atoms. The van der Waals surface area contributed by atoms with Crippen molar-refractivity contribution in [3.8, 4) is 0 Å². The monoisotopic (exact) mass is 370 g/mol. The van der Waals surface area contributed by atoms with Crippen molar-refractivity contribution in [1.29, 1.82) is 0 Å². The lowest BCUT2D eigenvalue weighted by atomic mass is 10.1. The SMILES string of the molecule is CCCCCCCC(=O)N(CCCOC)Cc1nc(C(=O)OC)cs1. The fourth-order valence-corrected chi connectivity index (χ4v) is 3.25. The number of methoxy groups -OCH3 is 2. The molecule has 0 aliphatic carbocycles. The van der Waals surface area contributed by atoms with Gasteiger partial charge in [0.05, 0.1) is 13.7 Å². The van der Waals surface area contributed by atoms with Gasteiger partial charge in [-0.3, -0.25) is 4.79 Å². The molecule has 1 amide bonds. The maximum absolute atomic E-state index is 12.5. The van der Waals surface area contributed by atoms with E-state index in [0.717, 1.165) is 24.3 Å². The van der Waals surface area contributed by atoms with Crippen molar-refractivity contribution in [2.75, 3.05) is 27.4 Å². The van der Waals surface area contributed by atoms with Crippen molar-refractivity contribution in [3.05, 3.63) is 16.1 Å².